The van der Waals surface area contributed by atoms with Crippen LogP contribution in [-0.4, -0.2) is 50.2 Å². The largest absolute Gasteiger partial charge is 0.379 e. The molecule has 1 amide bonds. The maximum absolute atomic E-state index is 11.4. The first-order chi connectivity index (χ1) is 7.59. The molecule has 0 aromatic heterocycles. The fourth-order valence-corrected chi connectivity index (χ4v) is 1.77. The van der Waals surface area contributed by atoms with Gasteiger partial charge in [0.25, 0.3) is 0 Å². The van der Waals surface area contributed by atoms with Crippen molar-refractivity contribution in [1.29, 1.82) is 0 Å². The molecule has 0 aromatic carbocycles. The Balaban J connectivity index is 2.14. The molecule has 0 saturated carbocycles. The summed E-state index contributed by atoms with van der Waals surface area (Å²) in [4.78, 5) is 13.8. The van der Waals surface area contributed by atoms with Crippen LogP contribution < -0.4 is 5.32 Å². The molecule has 1 aliphatic heterocycles. The van der Waals surface area contributed by atoms with Crippen LogP contribution >= 0.6 is 0 Å². The molecule has 4 nitrogen and oxygen atoms in total. The normalized spacial score (nSPS) is 19.8. The highest BCUT2D eigenvalue weighted by atomic mass is 16.5. The number of carbonyl (C=O) groups excluding carboxylic acids is 1. The van der Waals surface area contributed by atoms with Crippen molar-refractivity contribution in [2.75, 3.05) is 39.4 Å². The molecule has 1 fully saturated rings. The first-order valence-corrected chi connectivity index (χ1v) is 6.17. The van der Waals surface area contributed by atoms with Crippen LogP contribution in [-0.2, 0) is 9.53 Å². The van der Waals surface area contributed by atoms with Gasteiger partial charge in [-0.3, -0.25) is 9.69 Å². The van der Waals surface area contributed by atoms with Crippen LogP contribution in [0.5, 0.6) is 0 Å². The number of carbonyl (C=O) groups is 1. The van der Waals surface area contributed by atoms with Gasteiger partial charge < -0.3 is 10.1 Å². The number of hydrogen-bond donors (Lipinski definition) is 1. The Bertz CT molecular complexity index is 213. The fourth-order valence-electron chi connectivity index (χ4n) is 1.77. The molecule has 4 heteroatoms. The van der Waals surface area contributed by atoms with E-state index < -0.39 is 0 Å². The van der Waals surface area contributed by atoms with Crippen LogP contribution in [0.1, 0.15) is 20.8 Å². The van der Waals surface area contributed by atoms with Crippen LogP contribution in [0.25, 0.3) is 0 Å². The summed E-state index contributed by atoms with van der Waals surface area (Å²) in [6.07, 6.45) is 0. The number of morpholine rings is 1. The Hall–Kier alpha value is -0.610. The molecule has 0 radical (unpaired) electrons. The van der Waals surface area contributed by atoms with Gasteiger partial charge in [-0.2, -0.15) is 0 Å². The summed E-state index contributed by atoms with van der Waals surface area (Å²) in [5, 5.41) is 2.97. The van der Waals surface area contributed by atoms with Crippen molar-refractivity contribution in [3.05, 3.63) is 0 Å². The summed E-state index contributed by atoms with van der Waals surface area (Å²) >= 11 is 0. The van der Waals surface area contributed by atoms with E-state index in [-0.39, 0.29) is 11.8 Å². The maximum Gasteiger partial charge on any atom is 0.222 e. The Morgan fingerprint density at radius 3 is 2.50 bits per heavy atom. The molecule has 0 spiro atoms. The van der Waals surface area contributed by atoms with Crippen LogP contribution in [0.2, 0.25) is 0 Å². The minimum Gasteiger partial charge on any atom is -0.379 e. The monoisotopic (exact) mass is 228 g/mol. The van der Waals surface area contributed by atoms with Crippen molar-refractivity contribution in [3.8, 4) is 0 Å². The average Bonchev–Trinajstić information content (AvgIpc) is 2.27. The second kappa shape index (κ2) is 6.86. The molecule has 1 atom stereocenters. The molecule has 0 aromatic rings. The number of ether oxygens (including phenoxy) is 1. The second-order valence-corrected chi connectivity index (χ2v) is 4.92. The van der Waals surface area contributed by atoms with Crippen molar-refractivity contribution < 1.29 is 9.53 Å². The van der Waals surface area contributed by atoms with Crippen molar-refractivity contribution in [3.63, 3.8) is 0 Å². The zero-order valence-electron chi connectivity index (χ0n) is 10.7. The highest BCUT2D eigenvalue weighted by Crippen LogP contribution is 2.03. The molecule has 1 unspecified atom stereocenters. The molecule has 1 aliphatic rings. The standard InChI is InChI=1S/C12H24N2O2/c1-10(2)12(15)13-8-11(3)9-14-4-6-16-7-5-14/h10-11H,4-9H2,1-3H3,(H,13,15). The van der Waals surface area contributed by atoms with Crippen molar-refractivity contribution in [2.45, 2.75) is 20.8 Å². The summed E-state index contributed by atoms with van der Waals surface area (Å²) in [5.74, 6) is 0.727. The molecule has 1 heterocycles. The van der Waals surface area contributed by atoms with Gasteiger partial charge in [0, 0.05) is 32.1 Å². The molecule has 1 N–H and O–H groups in total. The van der Waals surface area contributed by atoms with E-state index in [1.807, 2.05) is 13.8 Å². The van der Waals surface area contributed by atoms with E-state index in [0.717, 1.165) is 39.4 Å². The third-order valence-electron chi connectivity index (χ3n) is 2.82. The molecular weight excluding hydrogens is 204 g/mol. The zero-order valence-corrected chi connectivity index (χ0v) is 10.7. The van der Waals surface area contributed by atoms with Crippen LogP contribution in [0.4, 0.5) is 0 Å². The van der Waals surface area contributed by atoms with Crippen LogP contribution in [0.3, 0.4) is 0 Å². The predicted octanol–water partition coefficient (Wildman–Crippen LogP) is 0.727. The van der Waals surface area contributed by atoms with Crippen molar-refractivity contribution in [1.82, 2.24) is 10.2 Å². The van der Waals surface area contributed by atoms with E-state index in [9.17, 15) is 4.79 Å². The van der Waals surface area contributed by atoms with E-state index in [1.165, 1.54) is 0 Å². The van der Waals surface area contributed by atoms with Gasteiger partial charge in [0.05, 0.1) is 13.2 Å². The fraction of sp³-hybridized carbons (Fsp3) is 0.917. The molecule has 1 saturated heterocycles. The third-order valence-corrected chi connectivity index (χ3v) is 2.82. The predicted molar refractivity (Wildman–Crippen MR) is 64.3 cm³/mol. The summed E-state index contributed by atoms with van der Waals surface area (Å²) in [6, 6.07) is 0. The van der Waals surface area contributed by atoms with Gasteiger partial charge in [-0.25, -0.2) is 0 Å². The highest BCUT2D eigenvalue weighted by Gasteiger charge is 2.14. The maximum atomic E-state index is 11.4. The molecule has 0 bridgehead atoms. The Morgan fingerprint density at radius 2 is 1.94 bits per heavy atom. The number of nitrogens with zero attached hydrogens (tertiary/aromatic N) is 1. The summed E-state index contributed by atoms with van der Waals surface area (Å²) < 4.78 is 5.30. The average molecular weight is 228 g/mol. The second-order valence-electron chi connectivity index (χ2n) is 4.92. The number of hydrogen-bond acceptors (Lipinski definition) is 3. The lowest BCUT2D eigenvalue weighted by Gasteiger charge is -2.29. The lowest BCUT2D eigenvalue weighted by molar-refractivity contribution is -0.124. The molecule has 1 rings (SSSR count). The topological polar surface area (TPSA) is 41.6 Å². The highest BCUT2D eigenvalue weighted by molar-refractivity contribution is 5.77. The van der Waals surface area contributed by atoms with E-state index in [1.54, 1.807) is 0 Å². The lowest BCUT2D eigenvalue weighted by atomic mass is 10.1. The molecular formula is C12H24N2O2. The van der Waals surface area contributed by atoms with E-state index in [0.29, 0.717) is 5.92 Å². The van der Waals surface area contributed by atoms with Crippen LogP contribution in [0, 0.1) is 11.8 Å². The van der Waals surface area contributed by atoms with Gasteiger partial charge in [-0.15, -0.1) is 0 Å². The molecule has 16 heavy (non-hydrogen) atoms. The number of amides is 1. The summed E-state index contributed by atoms with van der Waals surface area (Å²) in [6.45, 7) is 11.5. The van der Waals surface area contributed by atoms with E-state index in [4.69, 9.17) is 4.74 Å². The summed E-state index contributed by atoms with van der Waals surface area (Å²) in [7, 11) is 0. The summed E-state index contributed by atoms with van der Waals surface area (Å²) in [5.41, 5.74) is 0. The molecule has 94 valence electrons. The lowest BCUT2D eigenvalue weighted by Crippen LogP contribution is -2.41. The Kier molecular flexibility index (Phi) is 5.77. The Labute approximate surface area is 98.3 Å². The first kappa shape index (κ1) is 13.5. The van der Waals surface area contributed by atoms with Crippen molar-refractivity contribution >= 4 is 5.91 Å². The minimum absolute atomic E-state index is 0.0792. The van der Waals surface area contributed by atoms with Crippen molar-refractivity contribution in [2.24, 2.45) is 11.8 Å². The van der Waals surface area contributed by atoms with Gasteiger partial charge in [-0.05, 0) is 5.92 Å². The van der Waals surface area contributed by atoms with E-state index in [2.05, 4.69) is 17.1 Å². The van der Waals surface area contributed by atoms with Gasteiger partial charge >= 0.3 is 0 Å². The quantitative estimate of drug-likeness (QED) is 0.754. The third kappa shape index (κ3) is 4.94. The van der Waals surface area contributed by atoms with E-state index >= 15 is 0 Å². The molecule has 0 aliphatic carbocycles. The van der Waals surface area contributed by atoms with Gasteiger partial charge in [-0.1, -0.05) is 20.8 Å². The zero-order chi connectivity index (χ0) is 12.0. The van der Waals surface area contributed by atoms with Gasteiger partial charge in [0.1, 0.15) is 0 Å². The SMILES string of the molecule is CC(CNC(=O)C(C)C)CN1CCOCC1. The van der Waals surface area contributed by atoms with Gasteiger partial charge in [0.2, 0.25) is 5.91 Å². The minimum atomic E-state index is 0.0792. The smallest absolute Gasteiger partial charge is 0.222 e. The number of rotatable bonds is 5. The first-order valence-electron chi connectivity index (χ1n) is 6.17. The Morgan fingerprint density at radius 1 is 1.31 bits per heavy atom. The van der Waals surface area contributed by atoms with Crippen LogP contribution in [0.15, 0.2) is 0 Å². The van der Waals surface area contributed by atoms with Gasteiger partial charge in [0.15, 0.2) is 0 Å². The number of nitrogens with one attached hydrogen (secondary N) is 1.